The second-order valence-corrected chi connectivity index (χ2v) is 4.39. The number of fused-ring (bicyclic) bond motifs is 1. The molecular formula is C9H7FOS2. The Morgan fingerprint density at radius 3 is 2.92 bits per heavy atom. The van der Waals surface area contributed by atoms with Crippen LogP contribution in [0.1, 0.15) is 0 Å². The van der Waals surface area contributed by atoms with Gasteiger partial charge in [0.2, 0.25) is 0 Å². The predicted molar refractivity (Wildman–Crippen MR) is 55.2 cm³/mol. The van der Waals surface area contributed by atoms with Gasteiger partial charge in [0.15, 0.2) is 0 Å². The smallest absolute Gasteiger partial charge is 0.137 e. The fourth-order valence-corrected chi connectivity index (χ4v) is 2.60. The summed E-state index contributed by atoms with van der Waals surface area (Å²) in [4.78, 5) is 0.881. The van der Waals surface area contributed by atoms with Gasteiger partial charge in [0, 0.05) is 15.0 Å². The topological polar surface area (TPSA) is 20.2 Å². The molecule has 0 atom stereocenters. The normalized spacial score (nSPS) is 10.9. The van der Waals surface area contributed by atoms with E-state index in [4.69, 9.17) is 0 Å². The summed E-state index contributed by atoms with van der Waals surface area (Å²) in [6.07, 6.45) is 1.90. The zero-order chi connectivity index (χ0) is 9.42. The van der Waals surface area contributed by atoms with Crippen LogP contribution in [-0.4, -0.2) is 11.4 Å². The Balaban J connectivity index is 2.79. The maximum Gasteiger partial charge on any atom is 0.137 e. The quantitative estimate of drug-likeness (QED) is 0.733. The molecule has 0 aliphatic heterocycles. The number of benzene rings is 1. The molecule has 0 aliphatic rings. The second-order valence-electron chi connectivity index (χ2n) is 2.60. The summed E-state index contributed by atoms with van der Waals surface area (Å²) in [5.74, 6) is -0.314. The van der Waals surface area contributed by atoms with E-state index in [-0.39, 0.29) is 11.6 Å². The number of rotatable bonds is 1. The van der Waals surface area contributed by atoms with E-state index >= 15 is 0 Å². The predicted octanol–water partition coefficient (Wildman–Crippen LogP) is 3.47. The SMILES string of the molecule is CSc1cc(F)c2c(O)csc2c1. The van der Waals surface area contributed by atoms with Gasteiger partial charge in [0.25, 0.3) is 0 Å². The van der Waals surface area contributed by atoms with Crippen LogP contribution in [-0.2, 0) is 0 Å². The van der Waals surface area contributed by atoms with Crippen molar-refractivity contribution in [3.63, 3.8) is 0 Å². The van der Waals surface area contributed by atoms with Crippen LogP contribution >= 0.6 is 23.1 Å². The van der Waals surface area contributed by atoms with E-state index in [9.17, 15) is 9.50 Å². The number of hydrogen-bond donors (Lipinski definition) is 1. The van der Waals surface area contributed by atoms with Gasteiger partial charge < -0.3 is 5.11 Å². The first-order valence-corrected chi connectivity index (χ1v) is 5.76. The molecule has 0 spiro atoms. The van der Waals surface area contributed by atoms with Crippen molar-refractivity contribution in [1.29, 1.82) is 0 Å². The lowest BCUT2D eigenvalue weighted by atomic mass is 10.2. The van der Waals surface area contributed by atoms with Gasteiger partial charge in [0.05, 0.1) is 5.39 Å². The number of thioether (sulfide) groups is 1. The molecule has 1 N–H and O–H groups in total. The van der Waals surface area contributed by atoms with Crippen molar-refractivity contribution >= 4 is 33.2 Å². The average Bonchev–Trinajstić information content (AvgIpc) is 2.48. The number of thiophene rings is 1. The third-order valence-corrected chi connectivity index (χ3v) is 3.44. The molecule has 68 valence electrons. The molecule has 4 heteroatoms. The second kappa shape index (κ2) is 3.20. The van der Waals surface area contributed by atoms with Crippen LogP contribution in [0.25, 0.3) is 10.1 Å². The van der Waals surface area contributed by atoms with Crippen LogP contribution in [0.3, 0.4) is 0 Å². The highest BCUT2D eigenvalue weighted by molar-refractivity contribution is 7.98. The van der Waals surface area contributed by atoms with Crippen LogP contribution in [0.5, 0.6) is 5.75 Å². The van der Waals surface area contributed by atoms with Crippen LogP contribution in [0, 0.1) is 5.82 Å². The van der Waals surface area contributed by atoms with Crippen molar-refractivity contribution in [2.75, 3.05) is 6.26 Å². The summed E-state index contributed by atoms with van der Waals surface area (Å²) in [5.41, 5.74) is 0. The molecule has 0 fully saturated rings. The third kappa shape index (κ3) is 1.40. The Kier molecular flexibility index (Phi) is 2.17. The van der Waals surface area contributed by atoms with Gasteiger partial charge in [-0.3, -0.25) is 0 Å². The summed E-state index contributed by atoms with van der Waals surface area (Å²) >= 11 is 2.85. The fraction of sp³-hybridized carbons (Fsp3) is 0.111. The molecule has 1 aromatic carbocycles. The first-order chi connectivity index (χ1) is 6.22. The van der Waals surface area contributed by atoms with Crippen molar-refractivity contribution in [3.05, 3.63) is 23.3 Å². The van der Waals surface area contributed by atoms with E-state index in [1.165, 1.54) is 29.2 Å². The Morgan fingerprint density at radius 2 is 2.23 bits per heavy atom. The zero-order valence-electron chi connectivity index (χ0n) is 6.87. The Bertz CT molecular complexity index is 450. The van der Waals surface area contributed by atoms with E-state index < -0.39 is 0 Å². The Morgan fingerprint density at radius 1 is 1.46 bits per heavy atom. The fourth-order valence-electron chi connectivity index (χ4n) is 1.20. The van der Waals surface area contributed by atoms with Gasteiger partial charge in [0.1, 0.15) is 11.6 Å². The minimum atomic E-state index is -0.347. The lowest BCUT2D eigenvalue weighted by Gasteiger charge is -1.98. The van der Waals surface area contributed by atoms with Crippen LogP contribution in [0.15, 0.2) is 22.4 Å². The Labute approximate surface area is 83.2 Å². The highest BCUT2D eigenvalue weighted by Gasteiger charge is 2.09. The largest absolute Gasteiger partial charge is 0.506 e. The van der Waals surface area contributed by atoms with E-state index in [0.29, 0.717) is 5.39 Å². The number of halogens is 1. The Hall–Kier alpha value is -0.740. The summed E-state index contributed by atoms with van der Waals surface area (Å²) in [5, 5.41) is 11.2. The molecule has 0 radical (unpaired) electrons. The van der Waals surface area contributed by atoms with Crippen molar-refractivity contribution in [2.24, 2.45) is 0 Å². The van der Waals surface area contributed by atoms with Crippen molar-refractivity contribution in [3.8, 4) is 5.75 Å². The molecular weight excluding hydrogens is 207 g/mol. The van der Waals surface area contributed by atoms with Crippen molar-refractivity contribution in [1.82, 2.24) is 0 Å². The standard InChI is InChI=1S/C9H7FOS2/c1-12-5-2-6(10)9-7(11)4-13-8(9)3-5/h2-4,11H,1H3. The number of hydrogen-bond acceptors (Lipinski definition) is 3. The molecule has 2 rings (SSSR count). The molecule has 0 amide bonds. The van der Waals surface area contributed by atoms with Gasteiger partial charge in [-0.2, -0.15) is 0 Å². The monoisotopic (exact) mass is 214 g/mol. The molecule has 0 aliphatic carbocycles. The maximum atomic E-state index is 13.4. The van der Waals surface area contributed by atoms with Gasteiger partial charge in [-0.1, -0.05) is 0 Å². The first kappa shape index (κ1) is 8.84. The van der Waals surface area contributed by atoms with Gasteiger partial charge in [-0.05, 0) is 18.4 Å². The van der Waals surface area contributed by atoms with E-state index in [1.54, 1.807) is 5.38 Å². The summed E-state index contributed by atoms with van der Waals surface area (Å²) in [7, 11) is 0. The third-order valence-electron chi connectivity index (χ3n) is 1.82. The highest BCUT2D eigenvalue weighted by atomic mass is 32.2. The highest BCUT2D eigenvalue weighted by Crippen LogP contribution is 2.35. The molecule has 2 aromatic rings. The molecule has 0 unspecified atom stereocenters. The summed E-state index contributed by atoms with van der Waals surface area (Å²) in [6, 6.07) is 3.33. The van der Waals surface area contributed by atoms with Gasteiger partial charge >= 0.3 is 0 Å². The van der Waals surface area contributed by atoms with E-state index in [2.05, 4.69) is 0 Å². The van der Waals surface area contributed by atoms with Crippen molar-refractivity contribution in [2.45, 2.75) is 4.90 Å². The maximum absolute atomic E-state index is 13.4. The molecule has 13 heavy (non-hydrogen) atoms. The minimum Gasteiger partial charge on any atom is -0.506 e. The van der Waals surface area contributed by atoms with Crippen LogP contribution in [0.2, 0.25) is 0 Å². The lowest BCUT2D eigenvalue weighted by Crippen LogP contribution is -1.77. The van der Waals surface area contributed by atoms with E-state index in [0.717, 1.165) is 9.60 Å². The molecule has 1 nitrogen and oxygen atoms in total. The molecule has 0 saturated heterocycles. The molecule has 0 bridgehead atoms. The van der Waals surface area contributed by atoms with E-state index in [1.807, 2.05) is 12.3 Å². The van der Waals surface area contributed by atoms with Crippen LogP contribution in [0.4, 0.5) is 4.39 Å². The van der Waals surface area contributed by atoms with Gasteiger partial charge in [-0.15, -0.1) is 23.1 Å². The van der Waals surface area contributed by atoms with Crippen molar-refractivity contribution < 1.29 is 9.50 Å². The molecule has 1 aromatic heterocycles. The number of aromatic hydroxyl groups is 1. The minimum absolute atomic E-state index is 0.0325. The molecule has 0 saturated carbocycles. The zero-order valence-corrected chi connectivity index (χ0v) is 8.51. The first-order valence-electron chi connectivity index (χ1n) is 3.66. The lowest BCUT2D eigenvalue weighted by molar-refractivity contribution is 0.480. The molecule has 1 heterocycles. The van der Waals surface area contributed by atoms with Crippen LogP contribution < -0.4 is 0 Å². The average molecular weight is 214 g/mol. The van der Waals surface area contributed by atoms with Gasteiger partial charge in [-0.25, -0.2) is 4.39 Å². The summed E-state index contributed by atoms with van der Waals surface area (Å²) < 4.78 is 14.2. The summed E-state index contributed by atoms with van der Waals surface area (Å²) in [6.45, 7) is 0.